The number of nitrogens with zero attached hydrogens (tertiary/aromatic N) is 3. The van der Waals surface area contributed by atoms with Gasteiger partial charge in [0.1, 0.15) is 11.8 Å². The van der Waals surface area contributed by atoms with E-state index < -0.39 is 10.5 Å². The second kappa shape index (κ2) is 4.94. The minimum Gasteiger partial charge on any atom is -0.385 e. The van der Waals surface area contributed by atoms with Gasteiger partial charge in [0, 0.05) is 19.6 Å². The van der Waals surface area contributed by atoms with Gasteiger partial charge in [0.2, 0.25) is 11.8 Å². The molecule has 2 atom stereocenters. The summed E-state index contributed by atoms with van der Waals surface area (Å²) < 4.78 is 5.28. The van der Waals surface area contributed by atoms with Crippen LogP contribution in [0.1, 0.15) is 13.3 Å². The first kappa shape index (κ1) is 13.4. The highest BCUT2D eigenvalue weighted by atomic mass is 16.6. The summed E-state index contributed by atoms with van der Waals surface area (Å²) in [6.07, 6.45) is 1.14. The molecule has 0 saturated carbocycles. The monoisotopic (exact) mass is 269 g/mol. The highest BCUT2D eigenvalue weighted by Crippen LogP contribution is 2.27. The molecular weight excluding hydrogens is 254 g/mol. The second-order valence-corrected chi connectivity index (χ2v) is 4.44. The van der Waals surface area contributed by atoms with Gasteiger partial charge in [0.25, 0.3) is 0 Å². The molecule has 1 aromatic rings. The summed E-state index contributed by atoms with van der Waals surface area (Å²) in [5.41, 5.74) is 4.04. The van der Waals surface area contributed by atoms with Gasteiger partial charge in [-0.05, 0) is 6.92 Å². The van der Waals surface area contributed by atoms with Gasteiger partial charge < -0.3 is 20.9 Å². The number of aliphatic hydroxyl groups is 1. The van der Waals surface area contributed by atoms with Crippen molar-refractivity contribution in [2.75, 3.05) is 24.2 Å². The van der Waals surface area contributed by atoms with E-state index in [9.17, 15) is 15.2 Å². The first-order chi connectivity index (χ1) is 8.92. The van der Waals surface area contributed by atoms with Gasteiger partial charge in [-0.2, -0.15) is 4.98 Å². The van der Waals surface area contributed by atoms with Gasteiger partial charge in [-0.15, -0.1) is 0 Å². The van der Waals surface area contributed by atoms with Crippen molar-refractivity contribution in [3.05, 3.63) is 16.3 Å². The number of hydrogen-bond acceptors (Lipinski definition) is 8. The Morgan fingerprint density at radius 2 is 2.53 bits per heavy atom. The predicted molar refractivity (Wildman–Crippen MR) is 66.6 cm³/mol. The standard InChI is InChI=1S/C10H15N5O4/c1-6-10(16,2-3-19-6)5-13-8-7(15(17)18)4-12-9(11)14-8/h4,6,16H,2-3,5H2,1H3,(H3,11,12,13,14). The van der Waals surface area contributed by atoms with Crippen molar-refractivity contribution in [1.29, 1.82) is 0 Å². The summed E-state index contributed by atoms with van der Waals surface area (Å²) in [5, 5.41) is 23.9. The maximum atomic E-state index is 10.8. The third-order valence-corrected chi connectivity index (χ3v) is 3.21. The third kappa shape index (κ3) is 2.71. The Bertz CT molecular complexity index is 497. The molecule has 0 amide bonds. The second-order valence-electron chi connectivity index (χ2n) is 4.44. The molecule has 9 heteroatoms. The van der Waals surface area contributed by atoms with E-state index in [4.69, 9.17) is 10.5 Å². The van der Waals surface area contributed by atoms with Crippen molar-refractivity contribution >= 4 is 17.5 Å². The molecule has 2 heterocycles. The molecule has 0 spiro atoms. The SMILES string of the molecule is CC1OCCC1(O)CNc1nc(N)ncc1[N+](=O)[O-]. The van der Waals surface area contributed by atoms with Gasteiger partial charge >= 0.3 is 5.69 Å². The fourth-order valence-corrected chi connectivity index (χ4v) is 1.89. The molecule has 0 aromatic carbocycles. The summed E-state index contributed by atoms with van der Waals surface area (Å²) in [6.45, 7) is 2.29. The minimum atomic E-state index is -1.08. The van der Waals surface area contributed by atoms with Crippen molar-refractivity contribution in [3.8, 4) is 0 Å². The zero-order valence-electron chi connectivity index (χ0n) is 10.4. The van der Waals surface area contributed by atoms with Crippen LogP contribution in [-0.2, 0) is 4.74 Å². The fraction of sp³-hybridized carbons (Fsp3) is 0.600. The molecule has 1 aromatic heterocycles. The van der Waals surface area contributed by atoms with Gasteiger partial charge in [-0.1, -0.05) is 0 Å². The zero-order chi connectivity index (χ0) is 14.0. The summed E-state index contributed by atoms with van der Waals surface area (Å²) in [4.78, 5) is 17.6. The Labute approximate surface area is 109 Å². The van der Waals surface area contributed by atoms with Gasteiger partial charge in [0.15, 0.2) is 0 Å². The molecule has 2 rings (SSSR count). The van der Waals surface area contributed by atoms with Crippen LogP contribution in [0.5, 0.6) is 0 Å². The van der Waals surface area contributed by atoms with Crippen molar-refractivity contribution in [3.63, 3.8) is 0 Å². The number of nitro groups is 1. The van der Waals surface area contributed by atoms with Gasteiger partial charge in [-0.3, -0.25) is 10.1 Å². The maximum absolute atomic E-state index is 10.8. The lowest BCUT2D eigenvalue weighted by atomic mass is 9.97. The average Bonchev–Trinajstić information content (AvgIpc) is 2.67. The number of nitrogens with one attached hydrogen (secondary N) is 1. The smallest absolute Gasteiger partial charge is 0.329 e. The Morgan fingerprint density at radius 3 is 3.11 bits per heavy atom. The van der Waals surface area contributed by atoms with Crippen LogP contribution < -0.4 is 11.1 Å². The first-order valence-electron chi connectivity index (χ1n) is 5.77. The molecule has 0 radical (unpaired) electrons. The third-order valence-electron chi connectivity index (χ3n) is 3.21. The molecule has 0 bridgehead atoms. The van der Waals surface area contributed by atoms with Gasteiger partial charge in [0.05, 0.1) is 11.0 Å². The molecule has 2 unspecified atom stereocenters. The van der Waals surface area contributed by atoms with Crippen LogP contribution >= 0.6 is 0 Å². The van der Waals surface area contributed by atoms with Crippen molar-refractivity contribution in [1.82, 2.24) is 9.97 Å². The number of hydrogen-bond donors (Lipinski definition) is 3. The van der Waals surface area contributed by atoms with Crippen molar-refractivity contribution < 1.29 is 14.8 Å². The molecule has 1 fully saturated rings. The number of aromatic nitrogens is 2. The average molecular weight is 269 g/mol. The highest BCUT2D eigenvalue weighted by molar-refractivity contribution is 5.56. The zero-order valence-corrected chi connectivity index (χ0v) is 10.4. The van der Waals surface area contributed by atoms with Crippen molar-refractivity contribution in [2.45, 2.75) is 25.0 Å². The normalized spacial score (nSPS) is 26.3. The Morgan fingerprint density at radius 1 is 1.79 bits per heavy atom. The summed E-state index contributed by atoms with van der Waals surface area (Å²) in [7, 11) is 0. The summed E-state index contributed by atoms with van der Waals surface area (Å²) in [5.74, 6) is -0.0826. The van der Waals surface area contributed by atoms with Crippen LogP contribution in [0.3, 0.4) is 0 Å². The van der Waals surface area contributed by atoms with E-state index in [0.717, 1.165) is 6.20 Å². The summed E-state index contributed by atoms with van der Waals surface area (Å²) >= 11 is 0. The van der Waals surface area contributed by atoms with E-state index in [1.165, 1.54) is 0 Å². The van der Waals surface area contributed by atoms with E-state index in [2.05, 4.69) is 15.3 Å². The van der Waals surface area contributed by atoms with Crippen LogP contribution in [0.2, 0.25) is 0 Å². The number of ether oxygens (including phenoxy) is 1. The number of nitrogen functional groups attached to an aromatic ring is 1. The van der Waals surface area contributed by atoms with Crippen molar-refractivity contribution in [2.24, 2.45) is 0 Å². The highest BCUT2D eigenvalue weighted by Gasteiger charge is 2.39. The number of rotatable bonds is 4. The van der Waals surface area contributed by atoms with Crippen LogP contribution in [-0.4, -0.2) is 44.9 Å². The van der Waals surface area contributed by atoms with Crippen LogP contribution in [0.4, 0.5) is 17.5 Å². The minimum absolute atomic E-state index is 0.00924. The summed E-state index contributed by atoms with van der Waals surface area (Å²) in [6, 6.07) is 0. The van der Waals surface area contributed by atoms with Crippen LogP contribution in [0, 0.1) is 10.1 Å². The first-order valence-corrected chi connectivity index (χ1v) is 5.77. The molecule has 1 saturated heterocycles. The molecule has 0 aliphatic carbocycles. The predicted octanol–water partition coefficient (Wildman–Crippen LogP) is -0.0812. The van der Waals surface area contributed by atoms with E-state index in [0.29, 0.717) is 13.0 Å². The van der Waals surface area contributed by atoms with Gasteiger partial charge in [-0.25, -0.2) is 4.98 Å². The van der Waals surface area contributed by atoms with Crippen LogP contribution in [0.25, 0.3) is 0 Å². The molecule has 104 valence electrons. The molecule has 9 nitrogen and oxygen atoms in total. The fourth-order valence-electron chi connectivity index (χ4n) is 1.89. The quantitative estimate of drug-likeness (QED) is 0.510. The van der Waals surface area contributed by atoms with E-state index in [1.807, 2.05) is 0 Å². The van der Waals surface area contributed by atoms with E-state index >= 15 is 0 Å². The lowest BCUT2D eigenvalue weighted by Crippen LogP contribution is -2.43. The Hall–Kier alpha value is -2.00. The number of anilines is 2. The molecule has 4 N–H and O–H groups in total. The number of nitrogens with two attached hydrogens (primary N) is 1. The van der Waals surface area contributed by atoms with E-state index in [-0.39, 0.29) is 30.1 Å². The Kier molecular flexibility index (Phi) is 3.49. The lowest BCUT2D eigenvalue weighted by molar-refractivity contribution is -0.384. The topological polar surface area (TPSA) is 136 Å². The Balaban J connectivity index is 2.15. The molecule has 1 aliphatic rings. The molecular formula is C10H15N5O4. The lowest BCUT2D eigenvalue weighted by Gasteiger charge is -2.26. The van der Waals surface area contributed by atoms with Crippen LogP contribution in [0.15, 0.2) is 6.20 Å². The van der Waals surface area contributed by atoms with E-state index in [1.54, 1.807) is 6.92 Å². The molecule has 1 aliphatic heterocycles. The maximum Gasteiger partial charge on any atom is 0.329 e. The molecule has 19 heavy (non-hydrogen) atoms. The largest absolute Gasteiger partial charge is 0.385 e.